The van der Waals surface area contributed by atoms with Crippen molar-refractivity contribution in [1.82, 2.24) is 0 Å². The molecule has 2 atom stereocenters. The molecule has 2 unspecified atom stereocenters. The summed E-state index contributed by atoms with van der Waals surface area (Å²) < 4.78 is 0. The molecule has 0 N–H and O–H groups in total. The molecule has 0 saturated heterocycles. The van der Waals surface area contributed by atoms with Gasteiger partial charge in [0.25, 0.3) is 0 Å². The third-order valence-corrected chi connectivity index (χ3v) is 3.08. The summed E-state index contributed by atoms with van der Waals surface area (Å²) in [5.41, 5.74) is 3.51. The van der Waals surface area contributed by atoms with Crippen LogP contribution in [-0.2, 0) is 0 Å². The minimum atomic E-state index is 1.00. The smallest absolute Gasteiger partial charge is 0.0138 e. The molecule has 0 aliphatic heterocycles. The van der Waals surface area contributed by atoms with Gasteiger partial charge in [-0.15, -0.1) is 0 Å². The van der Waals surface area contributed by atoms with E-state index in [9.17, 15) is 0 Å². The molecular weight excluding hydrogens is 108 g/mol. The molecule has 2 aliphatic rings. The van der Waals surface area contributed by atoms with Crippen molar-refractivity contribution in [2.24, 2.45) is 11.8 Å². The highest BCUT2D eigenvalue weighted by Crippen LogP contribution is 2.49. The molecule has 0 aromatic carbocycles. The van der Waals surface area contributed by atoms with Crippen molar-refractivity contribution in [3.63, 3.8) is 0 Å². The van der Waals surface area contributed by atoms with Crippen LogP contribution in [0.5, 0.6) is 0 Å². The molecule has 9 heavy (non-hydrogen) atoms. The fourth-order valence-electron chi connectivity index (χ4n) is 2.30. The maximum Gasteiger partial charge on any atom is -0.0138 e. The van der Waals surface area contributed by atoms with Gasteiger partial charge in [0.2, 0.25) is 0 Å². The zero-order valence-corrected chi connectivity index (χ0v) is 6.28. The fourth-order valence-corrected chi connectivity index (χ4v) is 2.30. The van der Waals surface area contributed by atoms with Gasteiger partial charge in [-0.3, -0.25) is 0 Å². The first-order chi connectivity index (χ1) is 4.29. The lowest BCUT2D eigenvalue weighted by atomic mass is 9.77. The van der Waals surface area contributed by atoms with Crippen LogP contribution in [0.3, 0.4) is 0 Å². The predicted molar refractivity (Wildman–Crippen MR) is 39.2 cm³/mol. The molecule has 2 aliphatic carbocycles. The Hall–Kier alpha value is -0.260. The number of fused-ring (bicyclic) bond motifs is 1. The lowest BCUT2D eigenvalue weighted by Gasteiger charge is -2.28. The second kappa shape index (κ2) is 1.62. The van der Waals surface area contributed by atoms with E-state index in [2.05, 4.69) is 13.8 Å². The van der Waals surface area contributed by atoms with Gasteiger partial charge in [0, 0.05) is 0 Å². The van der Waals surface area contributed by atoms with E-state index < -0.39 is 0 Å². The van der Waals surface area contributed by atoms with Crippen molar-refractivity contribution < 1.29 is 0 Å². The molecule has 1 fully saturated rings. The van der Waals surface area contributed by atoms with Crippen molar-refractivity contribution in [2.75, 3.05) is 0 Å². The van der Waals surface area contributed by atoms with Gasteiger partial charge in [-0.2, -0.15) is 0 Å². The van der Waals surface area contributed by atoms with Crippen LogP contribution < -0.4 is 0 Å². The Kier molecular flexibility index (Phi) is 0.992. The monoisotopic (exact) mass is 122 g/mol. The highest BCUT2D eigenvalue weighted by Gasteiger charge is 2.35. The Bertz CT molecular complexity index is 165. The van der Waals surface area contributed by atoms with E-state index in [-0.39, 0.29) is 0 Å². The van der Waals surface area contributed by atoms with E-state index >= 15 is 0 Å². The van der Waals surface area contributed by atoms with Crippen LogP contribution in [0.15, 0.2) is 11.1 Å². The van der Waals surface area contributed by atoms with E-state index in [4.69, 9.17) is 0 Å². The second-order valence-electron chi connectivity index (χ2n) is 3.63. The molecule has 2 rings (SSSR count). The van der Waals surface area contributed by atoms with E-state index in [0.29, 0.717) is 0 Å². The van der Waals surface area contributed by atoms with Gasteiger partial charge in [0.1, 0.15) is 0 Å². The van der Waals surface area contributed by atoms with Crippen molar-refractivity contribution >= 4 is 0 Å². The molecule has 50 valence electrons. The number of hydrogen-bond donors (Lipinski definition) is 0. The van der Waals surface area contributed by atoms with Gasteiger partial charge >= 0.3 is 0 Å². The van der Waals surface area contributed by atoms with Gasteiger partial charge < -0.3 is 0 Å². The van der Waals surface area contributed by atoms with Crippen molar-refractivity contribution in [3.8, 4) is 0 Å². The Morgan fingerprint density at radius 1 is 1.44 bits per heavy atom. The summed E-state index contributed by atoms with van der Waals surface area (Å²) in [6.45, 7) is 4.69. The summed E-state index contributed by atoms with van der Waals surface area (Å²) in [6, 6.07) is 0. The van der Waals surface area contributed by atoms with E-state index in [1.807, 2.05) is 5.57 Å². The third kappa shape index (κ3) is 0.593. The molecule has 0 bridgehead atoms. The van der Waals surface area contributed by atoms with Crippen LogP contribution in [0.4, 0.5) is 0 Å². The lowest BCUT2D eigenvalue weighted by Crippen LogP contribution is -2.16. The standard InChI is InChI=1S/C9H14/c1-6-3-4-8-7(2)5-9(6)8/h6,9H,3-5H2,1-2H3. The number of hydrogen-bond acceptors (Lipinski definition) is 0. The molecule has 0 radical (unpaired) electrons. The molecular formula is C9H14. The second-order valence-corrected chi connectivity index (χ2v) is 3.63. The van der Waals surface area contributed by atoms with Crippen molar-refractivity contribution in [3.05, 3.63) is 11.1 Å². The highest BCUT2D eigenvalue weighted by atomic mass is 14.4. The van der Waals surface area contributed by atoms with Gasteiger partial charge in [0.05, 0.1) is 0 Å². The average molecular weight is 122 g/mol. The third-order valence-electron chi connectivity index (χ3n) is 3.08. The van der Waals surface area contributed by atoms with Gasteiger partial charge in [-0.25, -0.2) is 0 Å². The highest BCUT2D eigenvalue weighted by molar-refractivity contribution is 5.30. The van der Waals surface area contributed by atoms with Crippen LogP contribution in [0.1, 0.15) is 33.1 Å². The zero-order valence-electron chi connectivity index (χ0n) is 6.28. The maximum atomic E-state index is 2.39. The fraction of sp³-hybridized carbons (Fsp3) is 0.778. The van der Waals surface area contributed by atoms with Crippen molar-refractivity contribution in [1.29, 1.82) is 0 Å². The van der Waals surface area contributed by atoms with Crippen LogP contribution >= 0.6 is 0 Å². The molecule has 0 heteroatoms. The van der Waals surface area contributed by atoms with Gasteiger partial charge in [-0.05, 0) is 38.0 Å². The summed E-state index contributed by atoms with van der Waals surface area (Å²) in [4.78, 5) is 0. The average Bonchev–Trinajstić information content (AvgIpc) is 2.07. The Labute approximate surface area is 57.0 Å². The molecule has 0 amide bonds. The summed E-state index contributed by atoms with van der Waals surface area (Å²) in [5, 5.41) is 0. The number of rotatable bonds is 0. The SMILES string of the molecule is CC1=C2CCC(C)C2C1. The molecule has 0 heterocycles. The summed E-state index contributed by atoms with van der Waals surface area (Å²) in [6.07, 6.45) is 4.28. The van der Waals surface area contributed by atoms with E-state index in [0.717, 1.165) is 11.8 Å². The zero-order chi connectivity index (χ0) is 6.43. The first-order valence-corrected chi connectivity index (χ1v) is 3.97. The summed E-state index contributed by atoms with van der Waals surface area (Å²) >= 11 is 0. The van der Waals surface area contributed by atoms with Crippen LogP contribution in [0.25, 0.3) is 0 Å². The van der Waals surface area contributed by atoms with E-state index in [1.165, 1.54) is 19.3 Å². The van der Waals surface area contributed by atoms with Gasteiger partial charge in [-0.1, -0.05) is 18.1 Å². The number of allylic oxidation sites excluding steroid dienone is 2. The molecule has 0 nitrogen and oxygen atoms in total. The summed E-state index contributed by atoms with van der Waals surface area (Å²) in [7, 11) is 0. The largest absolute Gasteiger partial charge is 0.0732 e. The predicted octanol–water partition coefficient (Wildman–Crippen LogP) is 2.75. The van der Waals surface area contributed by atoms with Gasteiger partial charge in [0.15, 0.2) is 0 Å². The molecule has 0 spiro atoms. The van der Waals surface area contributed by atoms with Crippen LogP contribution in [0, 0.1) is 11.8 Å². The summed E-state index contributed by atoms with van der Waals surface area (Å²) in [5.74, 6) is 2.02. The normalized spacial score (nSPS) is 40.7. The topological polar surface area (TPSA) is 0 Å². The maximum absolute atomic E-state index is 2.39. The van der Waals surface area contributed by atoms with Crippen LogP contribution in [0.2, 0.25) is 0 Å². The van der Waals surface area contributed by atoms with E-state index in [1.54, 1.807) is 5.57 Å². The Morgan fingerprint density at radius 2 is 2.22 bits per heavy atom. The first kappa shape index (κ1) is 5.52. The Balaban J connectivity index is 2.24. The molecule has 0 aromatic heterocycles. The van der Waals surface area contributed by atoms with Crippen molar-refractivity contribution in [2.45, 2.75) is 33.1 Å². The van der Waals surface area contributed by atoms with Crippen LogP contribution in [-0.4, -0.2) is 0 Å². The molecule has 1 saturated carbocycles. The minimum absolute atomic E-state index is 1.00. The first-order valence-electron chi connectivity index (χ1n) is 3.97. The Morgan fingerprint density at radius 3 is 2.67 bits per heavy atom. The molecule has 0 aromatic rings. The minimum Gasteiger partial charge on any atom is -0.0732 e. The lowest BCUT2D eigenvalue weighted by molar-refractivity contribution is 0.422. The quantitative estimate of drug-likeness (QED) is 0.433.